The van der Waals surface area contributed by atoms with Crippen molar-refractivity contribution in [3.63, 3.8) is 0 Å². The van der Waals surface area contributed by atoms with Crippen LogP contribution < -0.4 is 10.2 Å². The Labute approximate surface area is 166 Å². The number of fused-ring (bicyclic) bond motifs is 1. The van der Waals surface area contributed by atoms with Gasteiger partial charge in [0.15, 0.2) is 0 Å². The molecule has 0 atom stereocenters. The van der Waals surface area contributed by atoms with Gasteiger partial charge in [-0.2, -0.15) is 0 Å². The number of hydrogen-bond donors (Lipinski definition) is 1. The summed E-state index contributed by atoms with van der Waals surface area (Å²) in [6.07, 6.45) is 2.14. The van der Waals surface area contributed by atoms with Gasteiger partial charge in [0.05, 0.1) is 6.54 Å². The van der Waals surface area contributed by atoms with Crippen LogP contribution in [-0.4, -0.2) is 73.3 Å². The van der Waals surface area contributed by atoms with Gasteiger partial charge in [0.1, 0.15) is 0 Å². The zero-order chi connectivity index (χ0) is 20.1. The highest BCUT2D eigenvalue weighted by atomic mass is 16.2. The quantitative estimate of drug-likeness (QED) is 0.827. The van der Waals surface area contributed by atoms with Gasteiger partial charge in [0.25, 0.3) is 5.91 Å². The lowest BCUT2D eigenvalue weighted by molar-refractivity contribution is -0.122. The lowest BCUT2D eigenvalue weighted by Gasteiger charge is -2.22. The standard InChI is InChI=1S/C21H30N4O3/c1-3-20(27)25-11-8-16-14-17(6-7-18(16)25)21(28)24-10-5-9-23(12-13-24)15-19(26)22-4-2/h6-7,14H,3-5,8-13,15H2,1-2H3,(H,22,26). The van der Waals surface area contributed by atoms with E-state index in [0.29, 0.717) is 51.3 Å². The first kappa shape index (κ1) is 20.3. The molecule has 0 unspecified atom stereocenters. The second-order valence-electron chi connectivity index (χ2n) is 7.37. The molecule has 7 heteroatoms. The van der Waals surface area contributed by atoms with Gasteiger partial charge < -0.3 is 15.1 Å². The van der Waals surface area contributed by atoms with Gasteiger partial charge in [-0.3, -0.25) is 19.3 Å². The van der Waals surface area contributed by atoms with Crippen molar-refractivity contribution >= 4 is 23.4 Å². The van der Waals surface area contributed by atoms with E-state index in [9.17, 15) is 14.4 Å². The van der Waals surface area contributed by atoms with Crippen molar-refractivity contribution in [2.24, 2.45) is 0 Å². The topological polar surface area (TPSA) is 73.0 Å². The lowest BCUT2D eigenvalue weighted by Crippen LogP contribution is -2.40. The molecule has 28 heavy (non-hydrogen) atoms. The maximum atomic E-state index is 13.0. The van der Waals surface area contributed by atoms with Crippen LogP contribution in [0.15, 0.2) is 18.2 Å². The van der Waals surface area contributed by atoms with E-state index in [2.05, 4.69) is 10.2 Å². The maximum Gasteiger partial charge on any atom is 0.253 e. The zero-order valence-electron chi connectivity index (χ0n) is 16.9. The summed E-state index contributed by atoms with van der Waals surface area (Å²) in [6, 6.07) is 5.68. The van der Waals surface area contributed by atoms with Crippen LogP contribution in [0.2, 0.25) is 0 Å². The molecule has 0 radical (unpaired) electrons. The molecule has 2 aliphatic heterocycles. The molecule has 3 rings (SSSR count). The summed E-state index contributed by atoms with van der Waals surface area (Å²) < 4.78 is 0. The first-order chi connectivity index (χ1) is 13.5. The summed E-state index contributed by atoms with van der Waals surface area (Å²) in [6.45, 7) is 8.33. The third kappa shape index (κ3) is 4.52. The van der Waals surface area contributed by atoms with Crippen LogP contribution in [0.1, 0.15) is 42.6 Å². The number of amides is 3. The number of hydrogen-bond acceptors (Lipinski definition) is 4. The van der Waals surface area contributed by atoms with Gasteiger partial charge in [0, 0.05) is 56.9 Å². The van der Waals surface area contributed by atoms with Crippen LogP contribution in [0, 0.1) is 0 Å². The Morgan fingerprint density at radius 3 is 2.61 bits per heavy atom. The molecule has 2 aliphatic rings. The Hall–Kier alpha value is -2.41. The van der Waals surface area contributed by atoms with Crippen LogP contribution in [-0.2, 0) is 16.0 Å². The fourth-order valence-electron chi connectivity index (χ4n) is 3.96. The summed E-state index contributed by atoms with van der Waals surface area (Å²) in [5, 5.41) is 2.82. The minimum atomic E-state index is 0.0305. The Balaban J connectivity index is 1.63. The molecule has 1 aromatic carbocycles. The molecule has 0 aliphatic carbocycles. The fraction of sp³-hybridized carbons (Fsp3) is 0.571. The Bertz CT molecular complexity index is 749. The average molecular weight is 386 g/mol. The van der Waals surface area contributed by atoms with E-state index >= 15 is 0 Å². The summed E-state index contributed by atoms with van der Waals surface area (Å²) in [4.78, 5) is 42.7. The molecular formula is C21H30N4O3. The van der Waals surface area contributed by atoms with Crippen LogP contribution in [0.25, 0.3) is 0 Å². The smallest absolute Gasteiger partial charge is 0.253 e. The predicted molar refractivity (Wildman–Crippen MR) is 108 cm³/mol. The SMILES string of the molecule is CCNC(=O)CN1CCCN(C(=O)c2ccc3c(c2)CCN3C(=O)CC)CC1. The van der Waals surface area contributed by atoms with Gasteiger partial charge >= 0.3 is 0 Å². The average Bonchev–Trinajstić information content (AvgIpc) is 2.98. The van der Waals surface area contributed by atoms with E-state index in [-0.39, 0.29) is 17.7 Å². The molecule has 1 aromatic rings. The van der Waals surface area contributed by atoms with Crippen molar-refractivity contribution in [3.05, 3.63) is 29.3 Å². The van der Waals surface area contributed by atoms with Crippen molar-refractivity contribution in [1.29, 1.82) is 0 Å². The third-order valence-corrected chi connectivity index (χ3v) is 5.44. The van der Waals surface area contributed by atoms with E-state index in [1.54, 1.807) is 0 Å². The van der Waals surface area contributed by atoms with Crippen LogP contribution in [0.4, 0.5) is 5.69 Å². The van der Waals surface area contributed by atoms with Crippen molar-refractivity contribution < 1.29 is 14.4 Å². The second kappa shape index (κ2) is 9.19. The predicted octanol–water partition coefficient (Wildman–Crippen LogP) is 1.27. The molecule has 0 saturated carbocycles. The number of carbonyl (C=O) groups excluding carboxylic acids is 3. The van der Waals surface area contributed by atoms with Crippen molar-refractivity contribution in [2.75, 3.05) is 50.7 Å². The van der Waals surface area contributed by atoms with Crippen molar-refractivity contribution in [3.8, 4) is 0 Å². The minimum Gasteiger partial charge on any atom is -0.355 e. The Kier molecular flexibility index (Phi) is 6.67. The highest BCUT2D eigenvalue weighted by Gasteiger charge is 2.26. The van der Waals surface area contributed by atoms with Gasteiger partial charge in [-0.05, 0) is 43.5 Å². The molecule has 3 amide bonds. The molecule has 0 bridgehead atoms. The molecule has 0 spiro atoms. The Morgan fingerprint density at radius 2 is 1.86 bits per heavy atom. The van der Waals surface area contributed by atoms with Gasteiger partial charge in [0.2, 0.25) is 11.8 Å². The van der Waals surface area contributed by atoms with Crippen LogP contribution in [0.5, 0.6) is 0 Å². The highest BCUT2D eigenvalue weighted by molar-refractivity contribution is 5.98. The molecule has 0 aromatic heterocycles. The summed E-state index contributed by atoms with van der Waals surface area (Å²) in [5.74, 6) is 0.188. The van der Waals surface area contributed by atoms with E-state index in [1.807, 2.05) is 41.8 Å². The number of nitrogens with zero attached hydrogens (tertiary/aromatic N) is 3. The number of benzene rings is 1. The normalized spacial score (nSPS) is 17.2. The summed E-state index contributed by atoms with van der Waals surface area (Å²) in [5.41, 5.74) is 2.69. The highest BCUT2D eigenvalue weighted by Crippen LogP contribution is 2.29. The van der Waals surface area contributed by atoms with Crippen molar-refractivity contribution in [2.45, 2.75) is 33.1 Å². The summed E-state index contributed by atoms with van der Waals surface area (Å²) in [7, 11) is 0. The molecule has 7 nitrogen and oxygen atoms in total. The molecule has 2 heterocycles. The third-order valence-electron chi connectivity index (χ3n) is 5.44. The second-order valence-corrected chi connectivity index (χ2v) is 7.37. The van der Waals surface area contributed by atoms with Crippen LogP contribution >= 0.6 is 0 Å². The monoisotopic (exact) mass is 386 g/mol. The van der Waals surface area contributed by atoms with Crippen molar-refractivity contribution in [1.82, 2.24) is 15.1 Å². The van der Waals surface area contributed by atoms with Gasteiger partial charge in [-0.15, -0.1) is 0 Å². The van der Waals surface area contributed by atoms with Gasteiger partial charge in [-0.1, -0.05) is 6.92 Å². The maximum absolute atomic E-state index is 13.0. The molecule has 1 saturated heterocycles. The van der Waals surface area contributed by atoms with E-state index in [4.69, 9.17) is 0 Å². The number of anilines is 1. The minimum absolute atomic E-state index is 0.0305. The number of likely N-dealkylation sites (N-methyl/N-ethyl adjacent to an activating group) is 1. The molecular weight excluding hydrogens is 356 g/mol. The first-order valence-corrected chi connectivity index (χ1v) is 10.2. The van der Waals surface area contributed by atoms with E-state index < -0.39 is 0 Å². The Morgan fingerprint density at radius 1 is 1.04 bits per heavy atom. The molecule has 1 fully saturated rings. The van der Waals surface area contributed by atoms with Gasteiger partial charge in [-0.25, -0.2) is 0 Å². The largest absolute Gasteiger partial charge is 0.355 e. The first-order valence-electron chi connectivity index (χ1n) is 10.2. The molecule has 152 valence electrons. The molecule has 1 N–H and O–H groups in total. The number of nitrogens with one attached hydrogen (secondary N) is 1. The number of rotatable bonds is 5. The zero-order valence-corrected chi connectivity index (χ0v) is 16.9. The van der Waals surface area contributed by atoms with E-state index in [1.165, 1.54) is 0 Å². The van der Waals surface area contributed by atoms with E-state index in [0.717, 1.165) is 30.6 Å². The number of carbonyl (C=O) groups is 3. The summed E-state index contributed by atoms with van der Waals surface area (Å²) >= 11 is 0. The van der Waals surface area contributed by atoms with Crippen LogP contribution in [0.3, 0.4) is 0 Å². The lowest BCUT2D eigenvalue weighted by atomic mass is 10.1. The fourth-order valence-corrected chi connectivity index (χ4v) is 3.96.